The largest absolute Gasteiger partial charge is 0.642 e. The highest BCUT2D eigenvalue weighted by atomic mass is 27.2. The summed E-state index contributed by atoms with van der Waals surface area (Å²) < 4.78 is 6.44. The Kier molecular flexibility index (Phi) is 6.26. The van der Waals surface area contributed by atoms with Crippen LogP contribution in [0.3, 0.4) is 0 Å². The van der Waals surface area contributed by atoms with Crippen LogP contribution in [0.25, 0.3) is 0 Å². The molecule has 0 saturated carbocycles. The topological polar surface area (TPSA) is 9.23 Å². The molecule has 0 aliphatic carbocycles. The summed E-state index contributed by atoms with van der Waals surface area (Å²) in [5.41, 5.74) is 2.56. The molecular formula is C16H27AlO. The van der Waals surface area contributed by atoms with Crippen LogP contribution in [-0.4, -0.2) is 14.5 Å². The van der Waals surface area contributed by atoms with Crippen LogP contribution in [0.4, 0.5) is 0 Å². The lowest BCUT2D eigenvalue weighted by Crippen LogP contribution is -2.26. The Balaban J connectivity index is 2.81. The van der Waals surface area contributed by atoms with E-state index in [2.05, 4.69) is 59.7 Å². The van der Waals surface area contributed by atoms with Crippen molar-refractivity contribution in [3.05, 3.63) is 29.3 Å². The second kappa shape index (κ2) is 7.22. The quantitative estimate of drug-likeness (QED) is 0.656. The Morgan fingerprint density at radius 2 is 1.39 bits per heavy atom. The summed E-state index contributed by atoms with van der Waals surface area (Å²) in [7, 11) is 0. The zero-order valence-electron chi connectivity index (χ0n) is 12.8. The molecule has 0 spiro atoms. The summed E-state index contributed by atoms with van der Waals surface area (Å²) in [6, 6.07) is 6.41. The maximum Gasteiger partial charge on any atom is 0.547 e. The van der Waals surface area contributed by atoms with E-state index in [9.17, 15) is 0 Å². The van der Waals surface area contributed by atoms with Gasteiger partial charge < -0.3 is 3.79 Å². The molecule has 0 N–H and O–H groups in total. The number of benzene rings is 1. The molecule has 1 aromatic carbocycles. The predicted octanol–water partition coefficient (Wildman–Crippen LogP) is 4.99. The molecular weight excluding hydrogens is 235 g/mol. The van der Waals surface area contributed by atoms with Gasteiger partial charge in [-0.05, 0) is 25.0 Å². The summed E-state index contributed by atoms with van der Waals surface area (Å²) in [5.74, 6) is 2.63. The van der Waals surface area contributed by atoms with E-state index in [0.717, 1.165) is 17.6 Å². The lowest BCUT2D eigenvalue weighted by Gasteiger charge is -2.21. The molecule has 1 aromatic rings. The lowest BCUT2D eigenvalue weighted by atomic mass is 10.1. The molecule has 2 heteroatoms. The van der Waals surface area contributed by atoms with Gasteiger partial charge in [0.05, 0.1) is 5.75 Å². The molecule has 0 aliphatic heterocycles. The minimum Gasteiger partial charge on any atom is -0.642 e. The average molecular weight is 262 g/mol. The number of hydrogen-bond donors (Lipinski definition) is 0. The Morgan fingerprint density at radius 1 is 0.944 bits per heavy atom. The van der Waals surface area contributed by atoms with Gasteiger partial charge in [-0.2, -0.15) is 0 Å². The first-order valence-corrected chi connectivity index (χ1v) is 9.23. The van der Waals surface area contributed by atoms with E-state index in [1.165, 1.54) is 21.7 Å². The molecule has 0 amide bonds. The zero-order valence-corrected chi connectivity index (χ0v) is 13.9. The molecule has 1 nitrogen and oxygen atoms in total. The molecule has 0 heterocycles. The smallest absolute Gasteiger partial charge is 0.547 e. The van der Waals surface area contributed by atoms with Crippen LogP contribution in [0.15, 0.2) is 18.2 Å². The molecule has 0 radical (unpaired) electrons. The molecule has 0 aliphatic rings. The molecule has 100 valence electrons. The Bertz CT molecular complexity index is 341. The van der Waals surface area contributed by atoms with Crippen molar-refractivity contribution in [2.45, 2.75) is 52.1 Å². The lowest BCUT2D eigenvalue weighted by molar-refractivity contribution is 0.520. The zero-order chi connectivity index (χ0) is 13.7. The van der Waals surface area contributed by atoms with Crippen LogP contribution in [0.5, 0.6) is 5.75 Å². The minimum absolute atomic E-state index is 0.741. The van der Waals surface area contributed by atoms with Crippen molar-refractivity contribution in [1.82, 2.24) is 0 Å². The third-order valence-corrected chi connectivity index (χ3v) is 6.67. The highest BCUT2D eigenvalue weighted by Crippen LogP contribution is 2.26. The van der Waals surface area contributed by atoms with Crippen molar-refractivity contribution in [2.24, 2.45) is 11.8 Å². The Labute approximate surface area is 117 Å². The molecule has 0 fully saturated rings. The summed E-state index contributed by atoms with van der Waals surface area (Å²) >= 11 is -1.13. The van der Waals surface area contributed by atoms with Gasteiger partial charge in [-0.25, -0.2) is 0 Å². The Morgan fingerprint density at radius 3 is 1.78 bits per heavy atom. The summed E-state index contributed by atoms with van der Waals surface area (Å²) in [6.07, 6.45) is 0. The van der Waals surface area contributed by atoms with Gasteiger partial charge in [0.1, 0.15) is 0 Å². The average Bonchev–Trinajstić information content (AvgIpc) is 2.21. The first-order valence-electron chi connectivity index (χ1n) is 7.13. The third-order valence-electron chi connectivity index (χ3n) is 3.16. The van der Waals surface area contributed by atoms with E-state index < -0.39 is 14.5 Å². The fraction of sp³-hybridized carbons (Fsp3) is 0.625. The van der Waals surface area contributed by atoms with E-state index in [4.69, 9.17) is 3.79 Å². The van der Waals surface area contributed by atoms with E-state index in [-0.39, 0.29) is 0 Å². The number of para-hydroxylation sites is 1. The molecule has 1 rings (SSSR count). The minimum atomic E-state index is -1.13. The Hall–Kier alpha value is -0.448. The maximum absolute atomic E-state index is 6.44. The standard InChI is InChI=1S/C8H10O.2C4H9.Al/c1-6-4-3-5-7(2)8(6)9;2*1-4(2)3;/h3-5,9H,1-2H3;2*4H,1H2,2-3H3;/q;;;+1/p-1. The summed E-state index contributed by atoms with van der Waals surface area (Å²) in [5, 5.41) is 2.54. The van der Waals surface area contributed by atoms with E-state index in [0.29, 0.717) is 0 Å². The molecule has 0 unspecified atom stereocenters. The van der Waals surface area contributed by atoms with Gasteiger partial charge in [0.2, 0.25) is 0 Å². The highest BCUT2D eigenvalue weighted by molar-refractivity contribution is 6.52. The fourth-order valence-electron chi connectivity index (χ4n) is 2.40. The van der Waals surface area contributed by atoms with Gasteiger partial charge in [0.25, 0.3) is 0 Å². The second-order valence-electron chi connectivity index (χ2n) is 6.22. The summed E-state index contributed by atoms with van der Waals surface area (Å²) in [4.78, 5) is 0. The van der Waals surface area contributed by atoms with Crippen LogP contribution < -0.4 is 3.79 Å². The monoisotopic (exact) mass is 262 g/mol. The molecule has 0 saturated heterocycles. The van der Waals surface area contributed by atoms with Gasteiger partial charge >= 0.3 is 14.5 Å². The van der Waals surface area contributed by atoms with Crippen LogP contribution in [0, 0.1) is 25.7 Å². The normalized spacial score (nSPS) is 11.1. The molecule has 0 atom stereocenters. The molecule has 0 bridgehead atoms. The van der Waals surface area contributed by atoms with E-state index >= 15 is 0 Å². The fourth-order valence-corrected chi connectivity index (χ4v) is 5.59. The summed E-state index contributed by atoms with van der Waals surface area (Å²) in [6.45, 7) is 13.5. The van der Waals surface area contributed by atoms with Crippen LogP contribution in [0.2, 0.25) is 10.6 Å². The molecule has 0 aromatic heterocycles. The van der Waals surface area contributed by atoms with Gasteiger partial charge in [0.15, 0.2) is 0 Å². The van der Waals surface area contributed by atoms with Crippen molar-refractivity contribution < 1.29 is 3.79 Å². The van der Waals surface area contributed by atoms with Crippen LogP contribution >= 0.6 is 0 Å². The second-order valence-corrected chi connectivity index (χ2v) is 8.64. The number of rotatable bonds is 6. The third kappa shape index (κ3) is 5.04. The molecule has 18 heavy (non-hydrogen) atoms. The number of hydrogen-bond acceptors (Lipinski definition) is 1. The SMILES string of the molecule is Cc1cccc(C)c1[O][Al]([CH2]C(C)C)[CH2]C(C)C. The van der Waals surface area contributed by atoms with E-state index in [1.54, 1.807) is 0 Å². The maximum atomic E-state index is 6.44. The van der Waals surface area contributed by atoms with Gasteiger partial charge in [-0.15, -0.1) is 0 Å². The van der Waals surface area contributed by atoms with Crippen LogP contribution in [-0.2, 0) is 0 Å². The predicted molar refractivity (Wildman–Crippen MR) is 81.6 cm³/mol. The first kappa shape index (κ1) is 15.6. The van der Waals surface area contributed by atoms with E-state index in [1.807, 2.05) is 0 Å². The highest BCUT2D eigenvalue weighted by Gasteiger charge is 2.26. The van der Waals surface area contributed by atoms with Crippen molar-refractivity contribution >= 4 is 14.5 Å². The van der Waals surface area contributed by atoms with Crippen LogP contribution in [0.1, 0.15) is 38.8 Å². The first-order chi connectivity index (χ1) is 8.40. The van der Waals surface area contributed by atoms with Gasteiger partial charge in [-0.1, -0.05) is 68.3 Å². The number of aryl methyl sites for hydroxylation is 2. The van der Waals surface area contributed by atoms with Crippen molar-refractivity contribution in [3.8, 4) is 5.75 Å². The van der Waals surface area contributed by atoms with Crippen molar-refractivity contribution in [1.29, 1.82) is 0 Å². The van der Waals surface area contributed by atoms with Crippen molar-refractivity contribution in [3.63, 3.8) is 0 Å². The van der Waals surface area contributed by atoms with Gasteiger partial charge in [-0.3, -0.25) is 0 Å². The van der Waals surface area contributed by atoms with Gasteiger partial charge in [0, 0.05) is 0 Å². The van der Waals surface area contributed by atoms with Crippen molar-refractivity contribution in [2.75, 3.05) is 0 Å².